The molecule has 0 radical (unpaired) electrons. The average molecular weight is 1800 g/mol. The molecule has 123 heavy (non-hydrogen) atoms. The average Bonchev–Trinajstić information content (AvgIpc) is 0.800. The maximum Gasteiger partial charge on any atom is 0.331 e. The molecule has 0 bridgehead atoms. The smallest absolute Gasteiger partial charge is 0.331 e. The summed E-state index contributed by atoms with van der Waals surface area (Å²) < 4.78 is 128. The number of alkyl halides is 5. The van der Waals surface area contributed by atoms with Crippen molar-refractivity contribution in [1.82, 2.24) is 41.3 Å². The van der Waals surface area contributed by atoms with Crippen molar-refractivity contribution in [2.75, 3.05) is 156 Å². The Kier molecular flexibility index (Phi) is 45.3. The molecule has 34 nitrogen and oxygen atoms in total. The summed E-state index contributed by atoms with van der Waals surface area (Å²) in [7, 11) is -3.80. The molecule has 1 aliphatic carbocycles. The number of aryl methyl sites for hydroxylation is 1. The number of esters is 3. The maximum absolute atomic E-state index is 13.5. The summed E-state index contributed by atoms with van der Waals surface area (Å²) in [5.74, 6) is -7.71. The monoisotopic (exact) mass is 1800 g/mol. The van der Waals surface area contributed by atoms with Gasteiger partial charge in [0.2, 0.25) is 29.5 Å². The third-order valence-electron chi connectivity index (χ3n) is 19.8. The molecule has 9 fully saturated rings. The van der Waals surface area contributed by atoms with Gasteiger partial charge in [-0.25, -0.2) is 27.2 Å². The van der Waals surface area contributed by atoms with E-state index in [9.17, 15) is 69.1 Å². The zero-order valence-corrected chi connectivity index (χ0v) is 71.6. The number of aliphatic hydroxyl groups is 3. The van der Waals surface area contributed by atoms with Crippen LogP contribution in [0, 0.1) is 6.92 Å². The second-order valence-corrected chi connectivity index (χ2v) is 32.2. The normalized spacial score (nSPS) is 23.0. The third kappa shape index (κ3) is 38.6. The summed E-state index contributed by atoms with van der Waals surface area (Å²) in [5, 5.41) is 38.7. The molecule has 6 amide bonds. The lowest BCUT2D eigenvalue weighted by Crippen LogP contribution is -2.55. The molecule has 41 heteroatoms. The highest BCUT2D eigenvalue weighted by Crippen LogP contribution is 2.34. The van der Waals surface area contributed by atoms with Gasteiger partial charge in [-0.05, 0) is 94.2 Å². The van der Waals surface area contributed by atoms with Gasteiger partial charge in [0.05, 0.1) is 94.6 Å². The molecule has 4 aromatic rings. The van der Waals surface area contributed by atoms with Gasteiger partial charge in [-0.2, -0.15) is 8.42 Å². The number of piperidine rings is 3. The molecule has 0 spiro atoms. The van der Waals surface area contributed by atoms with E-state index in [2.05, 4.69) is 31.5 Å². The molecule has 1 saturated carbocycles. The second-order valence-electron chi connectivity index (χ2n) is 30.3. The van der Waals surface area contributed by atoms with Gasteiger partial charge in [-0.3, -0.25) is 37.7 Å². The molecule has 9 aliphatic rings. The van der Waals surface area contributed by atoms with Crippen LogP contribution in [0.4, 0.5) is 23.2 Å². The lowest BCUT2D eigenvalue weighted by molar-refractivity contribution is -0.157. The summed E-state index contributed by atoms with van der Waals surface area (Å²) in [6.45, 7) is 11.6. The first-order chi connectivity index (χ1) is 58.3. The number of likely N-dealkylation sites (tertiary alicyclic amines) is 3. The number of benzene rings is 4. The van der Waals surface area contributed by atoms with Crippen LogP contribution >= 0.6 is 24.0 Å². The molecule has 0 aromatic heterocycles. The van der Waals surface area contributed by atoms with E-state index >= 15 is 0 Å². The molecule has 686 valence electrons. The molecule has 10 N–H and O–H groups in total. The van der Waals surface area contributed by atoms with Crippen molar-refractivity contribution in [2.45, 2.75) is 169 Å². The first-order valence-corrected chi connectivity index (χ1v) is 42.4. The molecule has 7 atom stereocenters. The Morgan fingerprint density at radius 3 is 1.59 bits per heavy atom. The van der Waals surface area contributed by atoms with E-state index in [1.165, 1.54) is 44.5 Å². The minimum absolute atomic E-state index is 0. The van der Waals surface area contributed by atoms with Gasteiger partial charge in [-0.1, -0.05) is 84.8 Å². The van der Waals surface area contributed by atoms with Crippen LogP contribution < -0.4 is 42.0 Å². The Bertz CT molecular complexity index is 3990. The van der Waals surface area contributed by atoms with Gasteiger partial charge in [0.25, 0.3) is 27.9 Å². The number of nitrogens with zero attached hydrogens (tertiary/aromatic N) is 4. The highest BCUT2D eigenvalue weighted by Gasteiger charge is 2.40. The number of aliphatic hydroxyl groups excluding tert-OH is 3. The van der Waals surface area contributed by atoms with Crippen LogP contribution in [0.25, 0.3) is 0 Å². The Balaban J connectivity index is 0.000000230. The van der Waals surface area contributed by atoms with Crippen molar-refractivity contribution in [3.63, 3.8) is 0 Å². The van der Waals surface area contributed by atoms with E-state index in [1.54, 1.807) is 43.0 Å². The number of ether oxygens (including phenoxy) is 9. The Labute approximate surface area is 724 Å². The van der Waals surface area contributed by atoms with Gasteiger partial charge < -0.3 is 110 Å². The highest BCUT2D eigenvalue weighted by atomic mass is 35.5. The van der Waals surface area contributed by atoms with Gasteiger partial charge >= 0.3 is 17.9 Å². The highest BCUT2D eigenvalue weighted by molar-refractivity contribution is 7.86. The third-order valence-corrected chi connectivity index (χ3v) is 21.3. The Hall–Kier alpha value is -8.36. The number of nitrogens with two attached hydrogens (primary N) is 1. The molecule has 8 aliphatic heterocycles. The number of rotatable bonds is 25. The topological polar surface area (TPSA) is 440 Å². The molecule has 4 aromatic carbocycles. The zero-order valence-electron chi connectivity index (χ0n) is 69.2. The van der Waals surface area contributed by atoms with Gasteiger partial charge in [0.15, 0.2) is 12.1 Å². The lowest BCUT2D eigenvalue weighted by Gasteiger charge is -2.44. The molecule has 13 rings (SSSR count). The van der Waals surface area contributed by atoms with Crippen LogP contribution in [0.5, 0.6) is 5.75 Å². The molecule has 8 saturated heterocycles. The Morgan fingerprint density at radius 1 is 0.602 bits per heavy atom. The fraction of sp³-hybridized carbons (Fsp3) is 0.598. The summed E-state index contributed by atoms with van der Waals surface area (Å²) >= 11 is 5.28. The minimum Gasteiger partial charge on any atom is -0.490 e. The van der Waals surface area contributed by atoms with Crippen LogP contribution in [0.3, 0.4) is 0 Å². The molecular formula is C82H116Cl2F4N10O24S. The number of halogens is 6. The summed E-state index contributed by atoms with van der Waals surface area (Å²) in [4.78, 5) is 109. The van der Waals surface area contributed by atoms with E-state index in [-0.39, 0.29) is 181 Å². The van der Waals surface area contributed by atoms with Crippen molar-refractivity contribution in [2.24, 2.45) is 5.73 Å². The fourth-order valence-electron chi connectivity index (χ4n) is 13.1. The van der Waals surface area contributed by atoms with E-state index in [4.69, 9.17) is 79.5 Å². The standard InChI is InChI=1S/C25H35F2N3O3.C12H14ClNO4.C12H15NO5S.C10H16F2N2O2.C10H13NO3.C8H13NO4.C5H9NO3.ClH/c26-25(27)8-12-28(13-9-25)16-21-17-32-18-24(31)30(21)19-4-6-22(7-5-19)33-23-14-20(15-23)29-10-2-1-3-11-29;13-6-11(16)14-10(7-15)12(17)18-8-9-4-2-1-3-5-9;1-9-2-4-11(5-3-9)19(15,16)18-7-10-6-17-8-12(14)13-10;11-10(12)1-3-14(4-2-10)5-8-6-16-7-9(15)13-8;11-9(6-12)10(13)14-7-8-4-2-1-3-5-8;1-5(2)13-8(11)6-3-12-4-7(10)9-6;7-1-4-2-9-3-5(8)6-4;/h4-7,20-21,23H,1-3,8-18H2;1-5,10,15H,6-8H2,(H,14,16);2-5,10H,6-8H2,1H3,(H,13,14);8H,1-7H2,(H,13,15);1-5,9,12H,6-7,11H2;5-6H,3-4H2,1-2H3,(H,9,10);4,7H,1-3H2,(H,6,8);1H/t;10-;;;9-;;;/m.0..0.../s1. The largest absolute Gasteiger partial charge is 0.490 e. The summed E-state index contributed by atoms with van der Waals surface area (Å²) in [6.07, 6.45) is 5.81. The summed E-state index contributed by atoms with van der Waals surface area (Å²) in [6, 6.07) is 29.6. The maximum atomic E-state index is 13.5. The van der Waals surface area contributed by atoms with Crippen molar-refractivity contribution in [3.8, 4) is 5.75 Å². The predicted molar refractivity (Wildman–Crippen MR) is 441 cm³/mol. The first kappa shape index (κ1) is 103. The number of carbonyl (C=O) groups excluding carboxylic acids is 9. The number of amides is 6. The van der Waals surface area contributed by atoms with Gasteiger partial charge in [-0.15, -0.1) is 24.0 Å². The van der Waals surface area contributed by atoms with E-state index in [0.29, 0.717) is 65.1 Å². The fourth-order valence-corrected chi connectivity index (χ4v) is 14.2. The summed E-state index contributed by atoms with van der Waals surface area (Å²) in [5.41, 5.74) is 8.75. The quantitative estimate of drug-likeness (QED) is 0.0151. The number of anilines is 1. The molecule has 8 heterocycles. The number of carbonyl (C=O) groups is 9. The van der Waals surface area contributed by atoms with Crippen molar-refractivity contribution >= 4 is 93.2 Å². The van der Waals surface area contributed by atoms with Crippen LogP contribution in [0.1, 0.15) is 88.3 Å². The van der Waals surface area contributed by atoms with E-state index < -0.39 is 83.2 Å². The Morgan fingerprint density at radius 2 is 1.09 bits per heavy atom. The van der Waals surface area contributed by atoms with Crippen LogP contribution in [-0.4, -0.2) is 315 Å². The lowest BCUT2D eigenvalue weighted by atomic mass is 9.86. The zero-order chi connectivity index (χ0) is 88.6. The van der Waals surface area contributed by atoms with Gasteiger partial charge in [0, 0.05) is 89.5 Å². The minimum atomic E-state index is -3.80. The van der Waals surface area contributed by atoms with Crippen LogP contribution in [0.2, 0.25) is 0 Å². The van der Waals surface area contributed by atoms with Crippen molar-refractivity contribution < 1.29 is 131 Å². The van der Waals surface area contributed by atoms with Crippen molar-refractivity contribution in [3.05, 3.63) is 126 Å². The predicted octanol–water partition coefficient (Wildman–Crippen LogP) is 2.86. The van der Waals surface area contributed by atoms with Crippen LogP contribution in [0.15, 0.2) is 114 Å². The second kappa shape index (κ2) is 53.8. The molecule has 5 unspecified atom stereocenters. The van der Waals surface area contributed by atoms with Crippen LogP contribution in [-0.2, 0) is 109 Å². The first-order valence-electron chi connectivity index (χ1n) is 40.4. The van der Waals surface area contributed by atoms with Crippen molar-refractivity contribution in [1.29, 1.82) is 0 Å². The van der Waals surface area contributed by atoms with E-state index in [1.807, 2.05) is 89.5 Å². The number of morpholine rings is 5. The molecular weight excluding hydrogens is 1690 g/mol. The number of hydrogen-bond donors (Lipinski definition) is 9. The number of hydrogen-bond acceptors (Lipinski definition) is 28. The number of nitrogens with one attached hydrogen (secondary N) is 5. The van der Waals surface area contributed by atoms with Gasteiger partial charge in [0.1, 0.15) is 70.0 Å². The SMILES string of the molecule is CC(C)OC(=O)C1COCC(=O)N1.Cc1ccc(S(=O)(=O)OCC2COCC(=O)N2)cc1.Cl.N[C@@H](CO)C(=O)OCc1ccccc1.O=C(CCl)N[C@@H](CO)C(=O)OCc1ccccc1.O=C1COCC(CN2CCC(F)(F)CC2)N1.O=C1COCC(CN2CCC(F)(F)CC2)N1c1ccc(OC2CC(N3CCCCC3)C2)cc1.O=C1COCC(CO)N1. The van der Waals surface area contributed by atoms with E-state index in [0.717, 1.165) is 41.0 Å².